The zero-order valence-electron chi connectivity index (χ0n) is 8.81. The Hall–Kier alpha value is -0.850. The van der Waals surface area contributed by atoms with Crippen LogP contribution in [-0.4, -0.2) is 6.21 Å². The number of nitrogens with zero attached hydrogens (tertiary/aromatic N) is 1. The van der Waals surface area contributed by atoms with E-state index in [4.69, 9.17) is 0 Å². The third kappa shape index (κ3) is 4.12. The SMILES string of the molecule is CC=N/C(C)=C\C(C)=C(/C)CC. The van der Waals surface area contributed by atoms with Gasteiger partial charge < -0.3 is 0 Å². The van der Waals surface area contributed by atoms with E-state index in [2.05, 4.69) is 31.8 Å². The Morgan fingerprint density at radius 3 is 2.25 bits per heavy atom. The number of hydrogen-bond acceptors (Lipinski definition) is 1. The molecule has 1 nitrogen and oxygen atoms in total. The predicted octanol–water partition coefficient (Wildman–Crippen LogP) is 3.73. The van der Waals surface area contributed by atoms with E-state index >= 15 is 0 Å². The zero-order valence-corrected chi connectivity index (χ0v) is 8.81. The molecule has 0 saturated heterocycles. The first-order chi connectivity index (χ1) is 5.61. The van der Waals surface area contributed by atoms with E-state index < -0.39 is 0 Å². The first-order valence-electron chi connectivity index (χ1n) is 4.45. The second-order valence-electron chi connectivity index (χ2n) is 2.99. The summed E-state index contributed by atoms with van der Waals surface area (Å²) < 4.78 is 0. The van der Waals surface area contributed by atoms with E-state index in [-0.39, 0.29) is 0 Å². The van der Waals surface area contributed by atoms with E-state index in [0.717, 1.165) is 12.1 Å². The van der Waals surface area contributed by atoms with Gasteiger partial charge >= 0.3 is 0 Å². The molecule has 1 heteroatoms. The van der Waals surface area contributed by atoms with Gasteiger partial charge in [0.2, 0.25) is 0 Å². The van der Waals surface area contributed by atoms with Gasteiger partial charge in [-0.05, 0) is 40.2 Å². The second kappa shape index (κ2) is 5.76. The molecule has 0 aromatic heterocycles. The Balaban J connectivity index is 4.52. The molecule has 0 saturated carbocycles. The molecular weight excluding hydrogens is 146 g/mol. The topological polar surface area (TPSA) is 12.4 Å². The minimum atomic E-state index is 1.07. The molecule has 0 aliphatic heterocycles. The van der Waals surface area contributed by atoms with Crippen molar-refractivity contribution in [2.24, 2.45) is 4.99 Å². The average molecular weight is 165 g/mol. The highest BCUT2D eigenvalue weighted by atomic mass is 14.7. The Bertz CT molecular complexity index is 219. The van der Waals surface area contributed by atoms with Crippen molar-refractivity contribution in [2.45, 2.75) is 41.0 Å². The summed E-state index contributed by atoms with van der Waals surface area (Å²) in [4.78, 5) is 4.18. The van der Waals surface area contributed by atoms with E-state index in [9.17, 15) is 0 Å². The Morgan fingerprint density at radius 1 is 1.25 bits per heavy atom. The maximum Gasteiger partial charge on any atom is 0.0371 e. The van der Waals surface area contributed by atoms with Gasteiger partial charge in [0.15, 0.2) is 0 Å². The predicted molar refractivity (Wildman–Crippen MR) is 56.6 cm³/mol. The molecule has 0 spiro atoms. The maximum absolute atomic E-state index is 4.18. The molecule has 0 atom stereocenters. The van der Waals surface area contributed by atoms with Gasteiger partial charge in [-0.15, -0.1) is 0 Å². The highest BCUT2D eigenvalue weighted by Gasteiger charge is 1.91. The Kier molecular flexibility index (Phi) is 5.35. The van der Waals surface area contributed by atoms with Gasteiger partial charge in [-0.2, -0.15) is 0 Å². The lowest BCUT2D eigenvalue weighted by Gasteiger charge is -2.00. The molecule has 68 valence electrons. The minimum absolute atomic E-state index is 1.07. The molecule has 12 heavy (non-hydrogen) atoms. The molecule has 0 aromatic carbocycles. The highest BCUT2D eigenvalue weighted by molar-refractivity contribution is 5.55. The molecule has 0 radical (unpaired) electrons. The van der Waals surface area contributed by atoms with Crippen molar-refractivity contribution in [1.82, 2.24) is 0 Å². The smallest absolute Gasteiger partial charge is 0.0371 e. The van der Waals surface area contributed by atoms with Gasteiger partial charge in [-0.1, -0.05) is 18.1 Å². The van der Waals surface area contributed by atoms with Crippen molar-refractivity contribution >= 4 is 6.21 Å². The fourth-order valence-corrected chi connectivity index (χ4v) is 0.956. The molecule has 0 aliphatic carbocycles. The summed E-state index contributed by atoms with van der Waals surface area (Å²) in [7, 11) is 0. The summed E-state index contributed by atoms with van der Waals surface area (Å²) in [6.07, 6.45) is 5.06. The van der Waals surface area contributed by atoms with Crippen LogP contribution >= 0.6 is 0 Å². The molecule has 0 aliphatic rings. The van der Waals surface area contributed by atoms with Crippen LogP contribution in [0.2, 0.25) is 0 Å². The standard InChI is InChI=1S/C11H19N/c1-6-9(3)10(4)8-11(5)12-7-2/h7-8H,6H2,1-5H3/b10-9+,11-8-,12-7?. The third-order valence-corrected chi connectivity index (χ3v) is 1.96. The quantitative estimate of drug-likeness (QED) is 0.446. The van der Waals surface area contributed by atoms with Gasteiger partial charge in [-0.25, -0.2) is 0 Å². The lowest BCUT2D eigenvalue weighted by atomic mass is 10.1. The molecule has 0 bridgehead atoms. The fraction of sp³-hybridized carbons (Fsp3) is 0.545. The summed E-state index contributed by atoms with van der Waals surface area (Å²) in [6, 6.07) is 0. The van der Waals surface area contributed by atoms with Crippen LogP contribution in [0.25, 0.3) is 0 Å². The Labute approximate surface area is 75.9 Å². The summed E-state index contributed by atoms with van der Waals surface area (Å²) in [5.74, 6) is 0. The van der Waals surface area contributed by atoms with Crippen molar-refractivity contribution in [2.75, 3.05) is 0 Å². The van der Waals surface area contributed by atoms with Crippen molar-refractivity contribution in [3.05, 3.63) is 22.9 Å². The minimum Gasteiger partial charge on any atom is -0.266 e. The van der Waals surface area contributed by atoms with Gasteiger partial charge in [0.05, 0.1) is 0 Å². The monoisotopic (exact) mass is 165 g/mol. The van der Waals surface area contributed by atoms with Crippen molar-refractivity contribution in [1.29, 1.82) is 0 Å². The molecule has 0 amide bonds. The van der Waals surface area contributed by atoms with Crippen LogP contribution in [-0.2, 0) is 0 Å². The van der Waals surface area contributed by atoms with Crippen molar-refractivity contribution < 1.29 is 0 Å². The van der Waals surface area contributed by atoms with Crippen LogP contribution in [0.3, 0.4) is 0 Å². The highest BCUT2D eigenvalue weighted by Crippen LogP contribution is 2.10. The van der Waals surface area contributed by atoms with Gasteiger partial charge in [0, 0.05) is 11.9 Å². The molecule has 0 fully saturated rings. The third-order valence-electron chi connectivity index (χ3n) is 1.96. The van der Waals surface area contributed by atoms with Gasteiger partial charge in [0.1, 0.15) is 0 Å². The molecular formula is C11H19N. The van der Waals surface area contributed by atoms with E-state index in [1.807, 2.05) is 20.1 Å². The summed E-state index contributed by atoms with van der Waals surface area (Å²) in [6.45, 7) is 10.4. The van der Waals surface area contributed by atoms with Crippen molar-refractivity contribution in [3.8, 4) is 0 Å². The lowest BCUT2D eigenvalue weighted by molar-refractivity contribution is 1.07. The number of aliphatic imine (C=N–C) groups is 1. The first-order valence-corrected chi connectivity index (χ1v) is 4.45. The fourth-order valence-electron chi connectivity index (χ4n) is 0.956. The number of hydrogen-bond donors (Lipinski definition) is 0. The maximum atomic E-state index is 4.18. The lowest BCUT2D eigenvalue weighted by Crippen LogP contribution is -1.80. The van der Waals surface area contributed by atoms with Crippen LogP contribution in [0, 0.1) is 0 Å². The number of rotatable bonds is 3. The molecule has 0 N–H and O–H groups in total. The molecule has 0 unspecified atom stereocenters. The van der Waals surface area contributed by atoms with E-state index in [1.54, 1.807) is 0 Å². The Morgan fingerprint density at radius 2 is 1.83 bits per heavy atom. The number of allylic oxidation sites excluding steroid dienone is 4. The summed E-state index contributed by atoms with van der Waals surface area (Å²) in [5.41, 5.74) is 3.84. The normalized spacial score (nSPS) is 15.2. The molecule has 0 rings (SSSR count). The van der Waals surface area contributed by atoms with Gasteiger partial charge in [-0.3, -0.25) is 4.99 Å². The van der Waals surface area contributed by atoms with Crippen molar-refractivity contribution in [3.63, 3.8) is 0 Å². The summed E-state index contributed by atoms with van der Waals surface area (Å²) >= 11 is 0. The largest absolute Gasteiger partial charge is 0.266 e. The molecule has 0 aromatic rings. The zero-order chi connectivity index (χ0) is 9.56. The first kappa shape index (κ1) is 11.2. The van der Waals surface area contributed by atoms with Crippen LogP contribution < -0.4 is 0 Å². The summed E-state index contributed by atoms with van der Waals surface area (Å²) in [5, 5.41) is 0. The van der Waals surface area contributed by atoms with E-state index in [1.165, 1.54) is 11.1 Å². The van der Waals surface area contributed by atoms with Crippen LogP contribution in [0.4, 0.5) is 0 Å². The van der Waals surface area contributed by atoms with E-state index in [0.29, 0.717) is 0 Å². The van der Waals surface area contributed by atoms with Crippen LogP contribution in [0.15, 0.2) is 27.9 Å². The van der Waals surface area contributed by atoms with Crippen LogP contribution in [0.5, 0.6) is 0 Å². The van der Waals surface area contributed by atoms with Gasteiger partial charge in [0.25, 0.3) is 0 Å². The second-order valence-corrected chi connectivity index (χ2v) is 2.99. The average Bonchev–Trinajstić information content (AvgIpc) is 2.03. The molecule has 0 heterocycles. The van der Waals surface area contributed by atoms with Crippen LogP contribution in [0.1, 0.15) is 41.0 Å².